The molecular weight excluding hydrogens is 621 g/mol. The molecule has 5 aromatic rings. The molecule has 212 valence electrons. The fourth-order valence-electron chi connectivity index (χ4n) is 4.58. The number of benzene rings is 3. The summed E-state index contributed by atoms with van der Waals surface area (Å²) in [5.74, 6) is -1.42. The number of furan rings is 1. The lowest BCUT2D eigenvalue weighted by molar-refractivity contribution is -0.117. The first-order chi connectivity index (χ1) is 20.2. The van der Waals surface area contributed by atoms with E-state index in [-0.39, 0.29) is 22.2 Å². The molecular formula is C29H19Cl2N3O6S2. The summed E-state index contributed by atoms with van der Waals surface area (Å²) in [6.07, 6.45) is 0. The minimum absolute atomic E-state index is 0.00413. The number of aliphatic hydroxyl groups excluding tert-OH is 1. The highest BCUT2D eigenvalue weighted by atomic mass is 35.5. The van der Waals surface area contributed by atoms with E-state index in [9.17, 15) is 19.8 Å². The molecule has 13 heteroatoms. The van der Waals surface area contributed by atoms with Gasteiger partial charge in [0.25, 0.3) is 5.91 Å². The summed E-state index contributed by atoms with van der Waals surface area (Å²) >= 11 is 14.8. The van der Waals surface area contributed by atoms with Gasteiger partial charge in [-0.05, 0) is 47.5 Å². The van der Waals surface area contributed by atoms with Crippen LogP contribution in [-0.4, -0.2) is 39.2 Å². The maximum atomic E-state index is 13.9. The fraction of sp³-hybridized carbons (Fsp3) is 0.103. The number of nitrogens with zero attached hydrogens (tertiary/aromatic N) is 3. The van der Waals surface area contributed by atoms with Crippen molar-refractivity contribution in [2.24, 2.45) is 0 Å². The SMILES string of the molecule is COc1cccc2cc(C(=O)C3=C(O)C(=O)N(c4nnc(SCc5ccc(Cl)cc5Cl)s4)C3c3ccc(O)cc3)oc12. The number of methoxy groups -OCH3 is 1. The van der Waals surface area contributed by atoms with Crippen LogP contribution in [0.4, 0.5) is 5.13 Å². The smallest absolute Gasteiger partial charge is 0.296 e. The summed E-state index contributed by atoms with van der Waals surface area (Å²) in [4.78, 5) is 28.6. The highest BCUT2D eigenvalue weighted by Gasteiger charge is 2.47. The van der Waals surface area contributed by atoms with E-state index in [1.165, 1.54) is 42.0 Å². The summed E-state index contributed by atoms with van der Waals surface area (Å²) in [5.41, 5.74) is 1.47. The van der Waals surface area contributed by atoms with Crippen molar-refractivity contribution in [3.8, 4) is 11.5 Å². The van der Waals surface area contributed by atoms with E-state index in [1.54, 1.807) is 42.5 Å². The molecule has 2 aromatic heterocycles. The van der Waals surface area contributed by atoms with Crippen LogP contribution in [0, 0.1) is 0 Å². The Labute approximate surface area is 257 Å². The Bertz CT molecular complexity index is 1890. The Balaban J connectivity index is 1.36. The van der Waals surface area contributed by atoms with Gasteiger partial charge in [-0.25, -0.2) is 0 Å². The minimum Gasteiger partial charge on any atom is -0.508 e. The zero-order chi connectivity index (χ0) is 29.5. The van der Waals surface area contributed by atoms with Gasteiger partial charge in [0.1, 0.15) is 5.75 Å². The second-order valence-corrected chi connectivity index (χ2v) is 12.1. The molecule has 0 aliphatic carbocycles. The lowest BCUT2D eigenvalue weighted by Crippen LogP contribution is -2.31. The largest absolute Gasteiger partial charge is 0.508 e. The van der Waals surface area contributed by atoms with Gasteiger partial charge in [-0.2, -0.15) is 0 Å². The van der Waals surface area contributed by atoms with E-state index in [0.717, 1.165) is 16.9 Å². The number of hydrogen-bond donors (Lipinski definition) is 2. The number of anilines is 1. The van der Waals surface area contributed by atoms with Gasteiger partial charge in [-0.1, -0.05) is 76.6 Å². The number of ketones is 1. The number of Topliss-reactive ketones (excluding diaryl/α,β-unsaturated/α-hetero) is 1. The number of aromatic hydroxyl groups is 1. The molecule has 1 amide bonds. The zero-order valence-electron chi connectivity index (χ0n) is 21.6. The van der Waals surface area contributed by atoms with Crippen molar-refractivity contribution in [3.63, 3.8) is 0 Å². The first kappa shape index (κ1) is 28.1. The zero-order valence-corrected chi connectivity index (χ0v) is 24.7. The molecule has 9 nitrogen and oxygen atoms in total. The van der Waals surface area contributed by atoms with Crippen LogP contribution in [0.15, 0.2) is 86.8 Å². The summed E-state index contributed by atoms with van der Waals surface area (Å²) in [7, 11) is 1.49. The molecule has 0 radical (unpaired) electrons. The molecule has 0 saturated carbocycles. The second kappa shape index (κ2) is 11.3. The summed E-state index contributed by atoms with van der Waals surface area (Å²) < 4.78 is 11.7. The number of aliphatic hydroxyl groups is 1. The van der Waals surface area contributed by atoms with Crippen molar-refractivity contribution in [1.29, 1.82) is 0 Å². The van der Waals surface area contributed by atoms with Crippen LogP contribution in [-0.2, 0) is 10.5 Å². The first-order valence-corrected chi connectivity index (χ1v) is 14.9. The molecule has 3 heterocycles. The van der Waals surface area contributed by atoms with Gasteiger partial charge in [0.15, 0.2) is 27.2 Å². The Morgan fingerprint density at radius 2 is 1.88 bits per heavy atom. The summed E-state index contributed by atoms with van der Waals surface area (Å²) in [6, 6.07) is 16.9. The van der Waals surface area contributed by atoms with Gasteiger partial charge >= 0.3 is 0 Å². The van der Waals surface area contributed by atoms with Crippen LogP contribution < -0.4 is 9.64 Å². The summed E-state index contributed by atoms with van der Waals surface area (Å²) in [5, 5.41) is 31.2. The number of para-hydroxylation sites is 1. The predicted molar refractivity (Wildman–Crippen MR) is 161 cm³/mol. The van der Waals surface area contributed by atoms with Crippen LogP contribution >= 0.6 is 46.3 Å². The third kappa shape index (κ3) is 5.09. The minimum atomic E-state index is -1.07. The van der Waals surface area contributed by atoms with Crippen LogP contribution in [0.5, 0.6) is 11.5 Å². The number of aromatic nitrogens is 2. The van der Waals surface area contributed by atoms with Crippen molar-refractivity contribution >= 4 is 74.1 Å². The molecule has 0 fully saturated rings. The number of phenols is 1. The van der Waals surface area contributed by atoms with Crippen molar-refractivity contribution < 1.29 is 29.0 Å². The molecule has 1 aliphatic rings. The number of halogens is 2. The number of thioether (sulfide) groups is 1. The molecule has 1 atom stereocenters. The van der Waals surface area contributed by atoms with E-state index in [4.69, 9.17) is 32.4 Å². The van der Waals surface area contributed by atoms with Gasteiger partial charge in [0, 0.05) is 21.2 Å². The predicted octanol–water partition coefficient (Wildman–Crippen LogP) is 7.38. The normalized spacial score (nSPS) is 15.2. The maximum absolute atomic E-state index is 13.9. The fourth-order valence-corrected chi connectivity index (χ4v) is 7.01. The molecule has 6 rings (SSSR count). The maximum Gasteiger partial charge on any atom is 0.296 e. The van der Waals surface area contributed by atoms with E-state index in [2.05, 4.69) is 10.2 Å². The highest BCUT2D eigenvalue weighted by Crippen LogP contribution is 2.45. The number of carbonyl (C=O) groups excluding carboxylic acids is 2. The molecule has 42 heavy (non-hydrogen) atoms. The number of amides is 1. The van der Waals surface area contributed by atoms with Gasteiger partial charge in [0.2, 0.25) is 10.9 Å². The van der Waals surface area contributed by atoms with Crippen molar-refractivity contribution in [3.05, 3.63) is 105 Å². The number of fused-ring (bicyclic) bond motifs is 1. The van der Waals surface area contributed by atoms with Crippen molar-refractivity contribution in [1.82, 2.24) is 10.2 Å². The number of phenolic OH excluding ortho intramolecular Hbond substituents is 1. The average molecular weight is 641 g/mol. The second-order valence-electron chi connectivity index (χ2n) is 9.12. The van der Waals surface area contributed by atoms with Crippen LogP contribution in [0.3, 0.4) is 0 Å². The quantitative estimate of drug-likeness (QED) is 0.102. The van der Waals surface area contributed by atoms with Crippen LogP contribution in [0.1, 0.15) is 27.7 Å². The Morgan fingerprint density at radius 3 is 2.62 bits per heavy atom. The van der Waals surface area contributed by atoms with Crippen molar-refractivity contribution in [2.75, 3.05) is 12.0 Å². The molecule has 1 aliphatic heterocycles. The average Bonchev–Trinajstić information content (AvgIpc) is 3.69. The van der Waals surface area contributed by atoms with Crippen LogP contribution in [0.25, 0.3) is 11.0 Å². The van der Waals surface area contributed by atoms with Gasteiger partial charge in [0.05, 0.1) is 18.7 Å². The first-order valence-electron chi connectivity index (χ1n) is 12.3. The Hall–Kier alpha value is -4.03. The van der Waals surface area contributed by atoms with E-state index in [0.29, 0.717) is 42.4 Å². The highest BCUT2D eigenvalue weighted by molar-refractivity contribution is 8.00. The third-order valence-corrected chi connectivity index (χ3v) is 9.27. The molecule has 2 N–H and O–H groups in total. The molecule has 3 aromatic carbocycles. The Morgan fingerprint density at radius 1 is 1.10 bits per heavy atom. The lowest BCUT2D eigenvalue weighted by atomic mass is 9.95. The lowest BCUT2D eigenvalue weighted by Gasteiger charge is -2.23. The van der Waals surface area contributed by atoms with E-state index in [1.807, 2.05) is 6.07 Å². The molecule has 1 unspecified atom stereocenters. The Kier molecular flexibility index (Phi) is 7.58. The summed E-state index contributed by atoms with van der Waals surface area (Å²) in [6.45, 7) is 0. The number of rotatable bonds is 8. The standard InChI is InChI=1S/C29H19Cl2N3O6S2/c1-39-20-4-2-3-15-11-21(40-26(15)20)24(36)22-23(14-6-9-18(35)10-7-14)34(27(38)25(22)37)28-32-33-29(42-28)41-13-16-5-8-17(30)12-19(16)31/h2-12,23,35,37H,13H2,1H3. The van der Waals surface area contributed by atoms with Gasteiger partial charge in [-0.3, -0.25) is 14.5 Å². The molecule has 0 bridgehead atoms. The monoisotopic (exact) mass is 639 g/mol. The number of ether oxygens (including phenoxy) is 1. The topological polar surface area (TPSA) is 126 Å². The molecule has 0 saturated heterocycles. The number of carbonyl (C=O) groups is 2. The van der Waals surface area contributed by atoms with E-state index < -0.39 is 23.5 Å². The van der Waals surface area contributed by atoms with Crippen LogP contribution in [0.2, 0.25) is 10.0 Å². The molecule has 0 spiro atoms. The van der Waals surface area contributed by atoms with Gasteiger partial charge in [-0.15, -0.1) is 10.2 Å². The van der Waals surface area contributed by atoms with Crippen molar-refractivity contribution in [2.45, 2.75) is 16.1 Å². The third-order valence-electron chi connectivity index (χ3n) is 6.58. The van der Waals surface area contributed by atoms with Gasteiger partial charge < -0.3 is 19.4 Å². The number of hydrogen-bond acceptors (Lipinski definition) is 10. The van der Waals surface area contributed by atoms with E-state index >= 15 is 0 Å².